The number of hydrogen-bond acceptors (Lipinski definition) is 2. The number of hydrogen-bond donors (Lipinski definition) is 0. The molecule has 0 fully saturated rings. The van der Waals surface area contributed by atoms with Crippen molar-refractivity contribution in [2.75, 3.05) is 0 Å². The maximum Gasteiger partial charge on any atom is 0.112 e. The van der Waals surface area contributed by atoms with E-state index in [-0.39, 0.29) is 0 Å². The second-order valence-corrected chi connectivity index (χ2v) is 5.04. The van der Waals surface area contributed by atoms with Crippen LogP contribution in [0.4, 0.5) is 0 Å². The van der Waals surface area contributed by atoms with Gasteiger partial charge in [0.2, 0.25) is 0 Å². The van der Waals surface area contributed by atoms with Crippen molar-refractivity contribution in [3.05, 3.63) is 33.7 Å². The van der Waals surface area contributed by atoms with Crippen LogP contribution in [0.2, 0.25) is 4.34 Å². The first-order valence-corrected chi connectivity index (χ1v) is 6.25. The van der Waals surface area contributed by atoms with Crippen LogP contribution in [0.3, 0.4) is 0 Å². The molecular weight excluding hydrogens is 282 g/mol. The molecule has 0 unspecified atom stereocenters. The van der Waals surface area contributed by atoms with Crippen molar-refractivity contribution in [1.29, 1.82) is 5.26 Å². The molecule has 70 valence electrons. The zero-order valence-electron chi connectivity index (χ0n) is 7.05. The minimum atomic E-state index is 0.578. The second kappa shape index (κ2) is 3.90. The van der Waals surface area contributed by atoms with Crippen molar-refractivity contribution in [2.24, 2.45) is 0 Å². The Morgan fingerprint density at radius 3 is 2.93 bits per heavy atom. The van der Waals surface area contributed by atoms with Gasteiger partial charge in [-0.3, -0.25) is 0 Å². The van der Waals surface area contributed by atoms with Crippen LogP contribution in [-0.4, -0.2) is 0 Å². The highest BCUT2D eigenvalue weighted by Crippen LogP contribution is 2.35. The molecule has 1 aromatic carbocycles. The first-order valence-electron chi connectivity index (χ1n) is 3.93. The zero-order valence-corrected chi connectivity index (χ0v) is 10.2. The van der Waals surface area contributed by atoms with Crippen molar-refractivity contribution in [1.82, 2.24) is 0 Å². The summed E-state index contributed by atoms with van der Waals surface area (Å²) in [6, 6.07) is 8.13. The zero-order chi connectivity index (χ0) is 10.1. The van der Waals surface area contributed by atoms with E-state index in [4.69, 9.17) is 16.9 Å². The topological polar surface area (TPSA) is 23.8 Å². The van der Waals surface area contributed by atoms with Gasteiger partial charge in [-0.25, -0.2) is 0 Å². The molecule has 0 amide bonds. The smallest absolute Gasteiger partial charge is 0.112 e. The number of benzene rings is 1. The van der Waals surface area contributed by atoms with Gasteiger partial charge in [-0.2, -0.15) is 5.26 Å². The first kappa shape index (κ1) is 9.97. The highest BCUT2D eigenvalue weighted by Gasteiger charge is 2.09. The Labute approximate surface area is 99.0 Å². The molecular formula is C10H5BrClNS. The van der Waals surface area contributed by atoms with Gasteiger partial charge in [0.05, 0.1) is 5.56 Å². The van der Waals surface area contributed by atoms with E-state index < -0.39 is 0 Å². The number of nitriles is 1. The van der Waals surface area contributed by atoms with Crippen LogP contribution in [0.15, 0.2) is 18.2 Å². The summed E-state index contributed by atoms with van der Waals surface area (Å²) in [7, 11) is 0. The SMILES string of the molecule is N#Cc1c(Cl)sc2cc(CBr)ccc12. The number of rotatable bonds is 1. The summed E-state index contributed by atoms with van der Waals surface area (Å²) in [6.07, 6.45) is 0. The predicted molar refractivity (Wildman–Crippen MR) is 64.2 cm³/mol. The lowest BCUT2D eigenvalue weighted by atomic mass is 10.1. The Hall–Kier alpha value is -0.560. The van der Waals surface area contributed by atoms with E-state index in [1.807, 2.05) is 12.1 Å². The average molecular weight is 287 g/mol. The van der Waals surface area contributed by atoms with Gasteiger partial charge in [0.1, 0.15) is 10.4 Å². The van der Waals surface area contributed by atoms with Crippen LogP contribution < -0.4 is 0 Å². The quantitative estimate of drug-likeness (QED) is 0.716. The lowest BCUT2D eigenvalue weighted by Crippen LogP contribution is -1.76. The fourth-order valence-electron chi connectivity index (χ4n) is 1.30. The van der Waals surface area contributed by atoms with Gasteiger partial charge in [-0.05, 0) is 11.6 Å². The van der Waals surface area contributed by atoms with Crippen LogP contribution in [0.25, 0.3) is 10.1 Å². The van der Waals surface area contributed by atoms with Crippen molar-refractivity contribution in [3.8, 4) is 6.07 Å². The van der Waals surface area contributed by atoms with Crippen molar-refractivity contribution >= 4 is 49.0 Å². The molecule has 2 rings (SSSR count). The van der Waals surface area contributed by atoms with Crippen LogP contribution in [0.1, 0.15) is 11.1 Å². The van der Waals surface area contributed by atoms with E-state index in [2.05, 4.69) is 28.1 Å². The van der Waals surface area contributed by atoms with Crippen molar-refractivity contribution in [2.45, 2.75) is 5.33 Å². The Bertz CT molecular complexity index is 527. The predicted octanol–water partition coefficient (Wildman–Crippen LogP) is 4.32. The van der Waals surface area contributed by atoms with Crippen LogP contribution >= 0.6 is 38.9 Å². The minimum Gasteiger partial charge on any atom is -0.192 e. The Balaban J connectivity index is 2.76. The van der Waals surface area contributed by atoms with E-state index in [9.17, 15) is 0 Å². The Morgan fingerprint density at radius 2 is 2.29 bits per heavy atom. The Kier molecular flexibility index (Phi) is 2.78. The molecule has 0 aliphatic heterocycles. The summed E-state index contributed by atoms with van der Waals surface area (Å²) in [4.78, 5) is 0. The molecule has 0 saturated heterocycles. The van der Waals surface area contributed by atoms with E-state index in [1.54, 1.807) is 0 Å². The minimum absolute atomic E-state index is 0.578. The molecule has 0 atom stereocenters. The first-order chi connectivity index (χ1) is 6.76. The van der Waals surface area contributed by atoms with Gasteiger partial charge in [-0.1, -0.05) is 39.7 Å². The standard InChI is InChI=1S/C10H5BrClNS/c11-4-6-1-2-7-8(5-13)10(12)14-9(7)3-6/h1-3H,4H2. The van der Waals surface area contributed by atoms with E-state index in [0.717, 1.165) is 15.4 Å². The average Bonchev–Trinajstić information content (AvgIpc) is 2.51. The van der Waals surface area contributed by atoms with Gasteiger partial charge in [0, 0.05) is 15.4 Å². The van der Waals surface area contributed by atoms with E-state index >= 15 is 0 Å². The number of nitrogens with zero attached hydrogens (tertiary/aromatic N) is 1. The van der Waals surface area contributed by atoms with Crippen LogP contribution in [0.5, 0.6) is 0 Å². The molecule has 4 heteroatoms. The third kappa shape index (κ3) is 1.54. The maximum absolute atomic E-state index is 8.89. The second-order valence-electron chi connectivity index (χ2n) is 2.83. The van der Waals surface area contributed by atoms with Gasteiger partial charge in [0.25, 0.3) is 0 Å². The number of fused-ring (bicyclic) bond motifs is 1. The maximum atomic E-state index is 8.89. The van der Waals surface area contributed by atoms with Gasteiger partial charge < -0.3 is 0 Å². The largest absolute Gasteiger partial charge is 0.192 e. The van der Waals surface area contributed by atoms with Crippen LogP contribution in [-0.2, 0) is 5.33 Å². The molecule has 0 N–H and O–H groups in total. The van der Waals surface area contributed by atoms with Crippen LogP contribution in [0, 0.1) is 11.3 Å². The molecule has 0 bridgehead atoms. The molecule has 0 aliphatic carbocycles. The summed E-state index contributed by atoms with van der Waals surface area (Å²) in [5, 5.41) is 10.7. The summed E-state index contributed by atoms with van der Waals surface area (Å²) < 4.78 is 1.65. The molecule has 0 radical (unpaired) electrons. The highest BCUT2D eigenvalue weighted by molar-refractivity contribution is 9.08. The summed E-state index contributed by atoms with van der Waals surface area (Å²) in [5.74, 6) is 0. The molecule has 14 heavy (non-hydrogen) atoms. The summed E-state index contributed by atoms with van der Waals surface area (Å²) in [6.45, 7) is 0. The lowest BCUT2D eigenvalue weighted by molar-refractivity contribution is 1.47. The third-order valence-corrected chi connectivity index (χ3v) is 3.99. The fraction of sp³-hybridized carbons (Fsp3) is 0.100. The molecule has 0 spiro atoms. The van der Waals surface area contributed by atoms with Crippen molar-refractivity contribution in [3.63, 3.8) is 0 Å². The Morgan fingerprint density at radius 1 is 1.50 bits per heavy atom. The number of thiophene rings is 1. The van der Waals surface area contributed by atoms with Gasteiger partial charge in [0.15, 0.2) is 0 Å². The molecule has 1 nitrogen and oxygen atoms in total. The normalized spacial score (nSPS) is 10.4. The van der Waals surface area contributed by atoms with Gasteiger partial charge >= 0.3 is 0 Å². The molecule has 1 heterocycles. The van der Waals surface area contributed by atoms with E-state index in [0.29, 0.717) is 9.90 Å². The van der Waals surface area contributed by atoms with Crippen molar-refractivity contribution < 1.29 is 0 Å². The molecule has 2 aromatic rings. The third-order valence-electron chi connectivity index (χ3n) is 1.98. The number of halogens is 2. The fourth-order valence-corrected chi connectivity index (χ4v) is 2.98. The summed E-state index contributed by atoms with van der Waals surface area (Å²) in [5.41, 5.74) is 1.78. The number of alkyl halides is 1. The molecule has 1 aromatic heterocycles. The van der Waals surface area contributed by atoms with E-state index in [1.165, 1.54) is 16.9 Å². The highest BCUT2D eigenvalue weighted by atomic mass is 79.9. The molecule has 0 saturated carbocycles. The summed E-state index contributed by atoms with van der Waals surface area (Å²) >= 11 is 10.8. The van der Waals surface area contributed by atoms with Gasteiger partial charge in [-0.15, -0.1) is 11.3 Å². The lowest BCUT2D eigenvalue weighted by Gasteiger charge is -1.94. The molecule has 0 aliphatic rings. The monoisotopic (exact) mass is 285 g/mol.